The van der Waals surface area contributed by atoms with Gasteiger partial charge < -0.3 is 11.1 Å². The van der Waals surface area contributed by atoms with Crippen molar-refractivity contribution >= 4 is 29.9 Å². The summed E-state index contributed by atoms with van der Waals surface area (Å²) in [6.45, 7) is 8.41. The molecule has 1 aliphatic rings. The Morgan fingerprint density at radius 2 is 1.88 bits per heavy atom. The summed E-state index contributed by atoms with van der Waals surface area (Å²) in [5.74, 6) is 0.539. The molecule has 0 amide bonds. The fourth-order valence-electron chi connectivity index (χ4n) is 2.96. The number of aliphatic imine (C=N–C) groups is 1. The third-order valence-corrected chi connectivity index (χ3v) is 4.53. The average Bonchev–Trinajstić information content (AvgIpc) is 2.82. The summed E-state index contributed by atoms with van der Waals surface area (Å²) in [4.78, 5) is 7.03. The zero-order valence-electron chi connectivity index (χ0n) is 15.1. The lowest BCUT2D eigenvalue weighted by atomic mass is 10.1. The van der Waals surface area contributed by atoms with E-state index in [1.807, 2.05) is 0 Å². The number of benzene rings is 1. The maximum atomic E-state index is 5.93. The number of hydrogen-bond acceptors (Lipinski definition) is 2. The molecule has 2 rings (SSSR count). The predicted octanol–water partition coefficient (Wildman–Crippen LogP) is 3.88. The van der Waals surface area contributed by atoms with Crippen LogP contribution in [0.2, 0.25) is 0 Å². The molecule has 0 spiro atoms. The Bertz CT molecular complexity index is 496. The highest BCUT2D eigenvalue weighted by Crippen LogP contribution is 2.14. The van der Waals surface area contributed by atoms with Crippen molar-refractivity contribution in [3.63, 3.8) is 0 Å². The van der Waals surface area contributed by atoms with E-state index in [2.05, 4.69) is 53.3 Å². The van der Waals surface area contributed by atoms with Crippen molar-refractivity contribution in [3.05, 3.63) is 35.4 Å². The van der Waals surface area contributed by atoms with E-state index < -0.39 is 0 Å². The molecule has 1 atom stereocenters. The first kappa shape index (κ1) is 21.2. The van der Waals surface area contributed by atoms with Crippen molar-refractivity contribution in [1.82, 2.24) is 10.2 Å². The van der Waals surface area contributed by atoms with Crippen molar-refractivity contribution in [3.8, 4) is 0 Å². The van der Waals surface area contributed by atoms with Crippen molar-refractivity contribution in [2.45, 2.75) is 65.1 Å². The molecular weight excluding hydrogens is 411 g/mol. The van der Waals surface area contributed by atoms with Gasteiger partial charge in [0, 0.05) is 12.6 Å². The van der Waals surface area contributed by atoms with Crippen LogP contribution in [0, 0.1) is 0 Å². The van der Waals surface area contributed by atoms with Crippen LogP contribution >= 0.6 is 24.0 Å². The van der Waals surface area contributed by atoms with E-state index in [0.29, 0.717) is 18.5 Å². The Morgan fingerprint density at radius 3 is 2.54 bits per heavy atom. The molecule has 5 heteroatoms. The van der Waals surface area contributed by atoms with E-state index in [1.165, 1.54) is 49.9 Å². The van der Waals surface area contributed by atoms with Crippen LogP contribution in [0.1, 0.15) is 57.1 Å². The maximum absolute atomic E-state index is 5.93. The highest BCUT2D eigenvalue weighted by molar-refractivity contribution is 14.0. The lowest BCUT2D eigenvalue weighted by Gasteiger charge is -2.20. The second-order valence-corrected chi connectivity index (χ2v) is 6.67. The third kappa shape index (κ3) is 7.83. The second-order valence-electron chi connectivity index (χ2n) is 6.67. The van der Waals surface area contributed by atoms with Gasteiger partial charge in [-0.2, -0.15) is 0 Å². The Hall–Kier alpha value is -0.820. The molecule has 1 unspecified atom stereocenters. The highest BCUT2D eigenvalue weighted by Gasteiger charge is 2.09. The molecule has 0 radical (unpaired) electrons. The van der Waals surface area contributed by atoms with Crippen LogP contribution in [-0.2, 0) is 13.1 Å². The third-order valence-electron chi connectivity index (χ3n) is 4.53. The van der Waals surface area contributed by atoms with E-state index in [0.717, 1.165) is 13.0 Å². The minimum absolute atomic E-state index is 0. The van der Waals surface area contributed by atoms with Gasteiger partial charge in [0.15, 0.2) is 5.96 Å². The summed E-state index contributed by atoms with van der Waals surface area (Å²) in [5.41, 5.74) is 8.54. The number of halogens is 1. The molecule has 0 aliphatic carbocycles. The van der Waals surface area contributed by atoms with Crippen LogP contribution in [0.3, 0.4) is 0 Å². The first-order valence-electron chi connectivity index (χ1n) is 9.04. The maximum Gasteiger partial charge on any atom is 0.189 e. The molecule has 1 aliphatic heterocycles. The minimum atomic E-state index is 0. The normalized spacial score (nSPS) is 17.7. The summed E-state index contributed by atoms with van der Waals surface area (Å²) in [5, 5.41) is 3.21. The topological polar surface area (TPSA) is 53.6 Å². The molecular formula is C19H33IN4. The number of guanidine groups is 1. The molecule has 1 aromatic rings. The first-order chi connectivity index (χ1) is 11.2. The van der Waals surface area contributed by atoms with E-state index >= 15 is 0 Å². The van der Waals surface area contributed by atoms with Crippen LogP contribution < -0.4 is 11.1 Å². The van der Waals surface area contributed by atoms with Crippen molar-refractivity contribution in [2.75, 3.05) is 13.1 Å². The van der Waals surface area contributed by atoms with Gasteiger partial charge in [0.05, 0.1) is 6.54 Å². The number of hydrogen-bond donors (Lipinski definition) is 2. The van der Waals surface area contributed by atoms with Gasteiger partial charge in [0.2, 0.25) is 0 Å². The van der Waals surface area contributed by atoms with Gasteiger partial charge in [-0.1, -0.05) is 44.0 Å². The van der Waals surface area contributed by atoms with Crippen molar-refractivity contribution in [1.29, 1.82) is 0 Å². The number of rotatable bonds is 6. The van der Waals surface area contributed by atoms with Crippen LogP contribution in [0.25, 0.3) is 0 Å². The Labute approximate surface area is 164 Å². The molecule has 1 aromatic carbocycles. The summed E-state index contributed by atoms with van der Waals surface area (Å²) in [6, 6.07) is 9.12. The molecule has 1 fully saturated rings. The molecule has 24 heavy (non-hydrogen) atoms. The molecule has 3 N–H and O–H groups in total. The Morgan fingerprint density at radius 1 is 1.21 bits per heavy atom. The average molecular weight is 444 g/mol. The largest absolute Gasteiger partial charge is 0.370 e. The Balaban J connectivity index is 0.00000288. The van der Waals surface area contributed by atoms with Crippen LogP contribution in [-0.4, -0.2) is 30.0 Å². The zero-order valence-corrected chi connectivity index (χ0v) is 17.5. The molecule has 136 valence electrons. The minimum Gasteiger partial charge on any atom is -0.370 e. The van der Waals surface area contributed by atoms with Crippen LogP contribution in [0.5, 0.6) is 0 Å². The van der Waals surface area contributed by atoms with Crippen molar-refractivity contribution in [2.24, 2.45) is 10.7 Å². The smallest absolute Gasteiger partial charge is 0.189 e. The van der Waals surface area contributed by atoms with Gasteiger partial charge in [0.1, 0.15) is 0 Å². The van der Waals surface area contributed by atoms with Gasteiger partial charge in [-0.05, 0) is 50.4 Å². The second kappa shape index (κ2) is 11.7. The van der Waals surface area contributed by atoms with Crippen LogP contribution in [0.4, 0.5) is 0 Å². The fourth-order valence-corrected chi connectivity index (χ4v) is 2.96. The predicted molar refractivity (Wildman–Crippen MR) is 114 cm³/mol. The number of nitrogens with two attached hydrogens (primary N) is 1. The summed E-state index contributed by atoms with van der Waals surface area (Å²) in [6.07, 6.45) is 6.48. The van der Waals surface area contributed by atoms with E-state index in [9.17, 15) is 0 Å². The van der Waals surface area contributed by atoms with E-state index in [1.54, 1.807) is 0 Å². The lowest BCUT2D eigenvalue weighted by molar-refractivity contribution is 0.277. The molecule has 4 nitrogen and oxygen atoms in total. The first-order valence-corrected chi connectivity index (χ1v) is 9.04. The molecule has 0 aromatic heterocycles. The lowest BCUT2D eigenvalue weighted by Crippen LogP contribution is -2.38. The fraction of sp³-hybridized carbons (Fsp3) is 0.632. The SMILES string of the molecule is CCC(C)NC(N)=NCc1cccc(CN2CCCCCC2)c1.I. The van der Waals surface area contributed by atoms with Crippen molar-refractivity contribution < 1.29 is 0 Å². The summed E-state index contributed by atoms with van der Waals surface area (Å²) < 4.78 is 0. The van der Waals surface area contributed by atoms with E-state index in [-0.39, 0.29) is 24.0 Å². The van der Waals surface area contributed by atoms with Gasteiger partial charge in [-0.3, -0.25) is 4.90 Å². The van der Waals surface area contributed by atoms with E-state index in [4.69, 9.17) is 5.73 Å². The zero-order chi connectivity index (χ0) is 16.5. The standard InChI is InChI=1S/C19H32N4.HI/c1-3-16(2)22-19(20)21-14-17-9-8-10-18(13-17)15-23-11-6-4-5-7-12-23;/h8-10,13,16H,3-7,11-12,14-15H2,1-2H3,(H3,20,21,22);1H. The molecule has 0 bridgehead atoms. The summed E-state index contributed by atoms with van der Waals surface area (Å²) >= 11 is 0. The number of nitrogens with one attached hydrogen (secondary N) is 1. The summed E-state index contributed by atoms with van der Waals surface area (Å²) in [7, 11) is 0. The van der Waals surface area contributed by atoms with Gasteiger partial charge >= 0.3 is 0 Å². The van der Waals surface area contributed by atoms with Gasteiger partial charge in [0.25, 0.3) is 0 Å². The quantitative estimate of drug-likeness (QED) is 0.398. The number of likely N-dealkylation sites (tertiary alicyclic amines) is 1. The highest BCUT2D eigenvalue weighted by atomic mass is 127. The monoisotopic (exact) mass is 444 g/mol. The molecule has 1 saturated heterocycles. The van der Waals surface area contributed by atoms with Gasteiger partial charge in [-0.25, -0.2) is 4.99 Å². The van der Waals surface area contributed by atoms with Gasteiger partial charge in [-0.15, -0.1) is 24.0 Å². The Kier molecular flexibility index (Phi) is 10.3. The number of nitrogens with zero attached hydrogens (tertiary/aromatic N) is 2. The molecule has 1 heterocycles. The molecule has 0 saturated carbocycles. The van der Waals surface area contributed by atoms with Crippen LogP contribution in [0.15, 0.2) is 29.3 Å².